The Hall–Kier alpha value is -2.18. The van der Waals surface area contributed by atoms with E-state index in [1.165, 1.54) is 0 Å². The summed E-state index contributed by atoms with van der Waals surface area (Å²) in [5.74, 6) is 1.26. The van der Waals surface area contributed by atoms with Gasteiger partial charge in [-0.1, -0.05) is 16.8 Å². The predicted octanol–water partition coefficient (Wildman–Crippen LogP) is 1.85. The van der Waals surface area contributed by atoms with Crippen LogP contribution in [0.2, 0.25) is 5.02 Å². The summed E-state index contributed by atoms with van der Waals surface area (Å²) in [5, 5.41) is 7.79. The molecule has 0 saturated heterocycles. The molecule has 3 aromatic rings. The van der Waals surface area contributed by atoms with Crippen molar-refractivity contribution in [2.75, 3.05) is 0 Å². The first-order valence-corrected chi connectivity index (χ1v) is 6.39. The Bertz CT molecular complexity index is 783. The van der Waals surface area contributed by atoms with E-state index >= 15 is 0 Å². The Balaban J connectivity index is 1.79. The second-order valence-electron chi connectivity index (χ2n) is 4.26. The molecule has 0 bridgehead atoms. The molecule has 0 radical (unpaired) electrons. The third kappa shape index (κ3) is 2.71. The van der Waals surface area contributed by atoms with Gasteiger partial charge in [-0.15, -0.1) is 0 Å². The second-order valence-corrected chi connectivity index (χ2v) is 4.69. The second kappa shape index (κ2) is 5.44. The monoisotopic (exact) mass is 290 g/mol. The van der Waals surface area contributed by atoms with Crippen LogP contribution in [0.5, 0.6) is 0 Å². The van der Waals surface area contributed by atoms with Crippen molar-refractivity contribution in [2.45, 2.75) is 13.1 Å². The number of H-pyrrole nitrogens is 1. The maximum absolute atomic E-state index is 11.9. The standard InChI is InChI=1S/C13H11ClN4O2/c14-8-1-2-10-11(5-8)17-12(18-13(10)19)7-15-6-9-3-4-16-20-9/h1-5,15H,6-7H2,(H,17,18,19). The number of benzene rings is 1. The van der Waals surface area contributed by atoms with Gasteiger partial charge >= 0.3 is 0 Å². The highest BCUT2D eigenvalue weighted by Crippen LogP contribution is 2.14. The molecule has 2 N–H and O–H groups in total. The van der Waals surface area contributed by atoms with Gasteiger partial charge in [-0.05, 0) is 18.2 Å². The van der Waals surface area contributed by atoms with Gasteiger partial charge in [0.05, 0.1) is 30.2 Å². The molecule has 0 aliphatic carbocycles. The molecule has 3 rings (SSSR count). The maximum atomic E-state index is 11.9. The molecule has 1 aromatic carbocycles. The third-order valence-electron chi connectivity index (χ3n) is 2.80. The first kappa shape index (κ1) is 12.8. The van der Waals surface area contributed by atoms with Gasteiger partial charge in [0, 0.05) is 11.1 Å². The lowest BCUT2D eigenvalue weighted by Gasteiger charge is -2.04. The number of rotatable bonds is 4. The van der Waals surface area contributed by atoms with Crippen molar-refractivity contribution in [3.63, 3.8) is 0 Å². The largest absolute Gasteiger partial charge is 0.360 e. The van der Waals surface area contributed by atoms with Crippen LogP contribution in [-0.2, 0) is 13.1 Å². The van der Waals surface area contributed by atoms with Gasteiger partial charge in [-0.2, -0.15) is 0 Å². The maximum Gasteiger partial charge on any atom is 0.258 e. The molecule has 2 aromatic heterocycles. The Morgan fingerprint density at radius 2 is 2.20 bits per heavy atom. The number of nitrogens with zero attached hydrogens (tertiary/aromatic N) is 2. The molecule has 2 heterocycles. The molecule has 6 nitrogen and oxygen atoms in total. The number of hydrogen-bond donors (Lipinski definition) is 2. The van der Waals surface area contributed by atoms with Gasteiger partial charge in [0.1, 0.15) is 11.6 Å². The van der Waals surface area contributed by atoms with Crippen molar-refractivity contribution < 1.29 is 4.52 Å². The van der Waals surface area contributed by atoms with E-state index in [2.05, 4.69) is 20.4 Å². The molecule has 0 unspecified atom stereocenters. The fourth-order valence-corrected chi connectivity index (χ4v) is 2.05. The topological polar surface area (TPSA) is 83.8 Å². The highest BCUT2D eigenvalue weighted by Gasteiger charge is 2.05. The fourth-order valence-electron chi connectivity index (χ4n) is 1.88. The predicted molar refractivity (Wildman–Crippen MR) is 74.4 cm³/mol. The number of aromatic nitrogens is 3. The molecule has 7 heteroatoms. The average Bonchev–Trinajstić information content (AvgIpc) is 2.91. The van der Waals surface area contributed by atoms with Crippen LogP contribution in [-0.4, -0.2) is 15.1 Å². The minimum atomic E-state index is -0.178. The van der Waals surface area contributed by atoms with Crippen LogP contribution in [0.1, 0.15) is 11.6 Å². The molecule has 0 aliphatic heterocycles. The molecule has 0 fully saturated rings. The van der Waals surface area contributed by atoms with Crippen LogP contribution in [0.15, 0.2) is 39.8 Å². The van der Waals surface area contributed by atoms with E-state index in [4.69, 9.17) is 16.1 Å². The van der Waals surface area contributed by atoms with Crippen LogP contribution < -0.4 is 10.9 Å². The van der Waals surface area contributed by atoms with Gasteiger partial charge < -0.3 is 14.8 Å². The van der Waals surface area contributed by atoms with Crippen LogP contribution in [0.4, 0.5) is 0 Å². The van der Waals surface area contributed by atoms with Crippen molar-refractivity contribution in [3.8, 4) is 0 Å². The molecule has 0 aliphatic rings. The zero-order chi connectivity index (χ0) is 13.9. The van der Waals surface area contributed by atoms with E-state index in [-0.39, 0.29) is 5.56 Å². The minimum Gasteiger partial charge on any atom is -0.360 e. The van der Waals surface area contributed by atoms with Gasteiger partial charge in [0.25, 0.3) is 5.56 Å². The lowest BCUT2D eigenvalue weighted by Crippen LogP contribution is -2.19. The fraction of sp³-hybridized carbons (Fsp3) is 0.154. The smallest absolute Gasteiger partial charge is 0.258 e. The van der Waals surface area contributed by atoms with Gasteiger partial charge in [-0.3, -0.25) is 4.79 Å². The Morgan fingerprint density at radius 1 is 1.30 bits per heavy atom. The summed E-state index contributed by atoms with van der Waals surface area (Å²) < 4.78 is 4.96. The van der Waals surface area contributed by atoms with E-state index in [0.29, 0.717) is 34.8 Å². The molecular weight excluding hydrogens is 280 g/mol. The Morgan fingerprint density at radius 3 is 3.00 bits per heavy atom. The average molecular weight is 291 g/mol. The zero-order valence-corrected chi connectivity index (χ0v) is 11.1. The van der Waals surface area contributed by atoms with Crippen LogP contribution in [0.25, 0.3) is 10.9 Å². The Labute approximate surface area is 118 Å². The Kier molecular flexibility index (Phi) is 3.49. The zero-order valence-electron chi connectivity index (χ0n) is 10.4. The summed E-state index contributed by atoms with van der Waals surface area (Å²) in [6.45, 7) is 0.926. The molecule has 0 amide bonds. The van der Waals surface area contributed by atoms with Crippen molar-refractivity contribution in [1.29, 1.82) is 0 Å². The lowest BCUT2D eigenvalue weighted by atomic mass is 10.2. The molecule has 20 heavy (non-hydrogen) atoms. The first-order valence-electron chi connectivity index (χ1n) is 6.01. The van der Waals surface area contributed by atoms with Gasteiger partial charge in [0.2, 0.25) is 0 Å². The third-order valence-corrected chi connectivity index (χ3v) is 3.04. The summed E-state index contributed by atoms with van der Waals surface area (Å²) in [5.41, 5.74) is 0.404. The summed E-state index contributed by atoms with van der Waals surface area (Å²) in [4.78, 5) is 19.0. The molecular formula is C13H11ClN4O2. The highest BCUT2D eigenvalue weighted by molar-refractivity contribution is 6.31. The molecule has 0 atom stereocenters. The number of fused-ring (bicyclic) bond motifs is 1. The molecule has 102 valence electrons. The SMILES string of the molecule is O=c1[nH]c(CNCc2ccno2)nc2cc(Cl)ccc12. The lowest BCUT2D eigenvalue weighted by molar-refractivity contribution is 0.372. The van der Waals surface area contributed by atoms with E-state index in [0.717, 1.165) is 5.76 Å². The number of aromatic amines is 1. The van der Waals surface area contributed by atoms with E-state index < -0.39 is 0 Å². The van der Waals surface area contributed by atoms with E-state index in [1.807, 2.05) is 0 Å². The summed E-state index contributed by atoms with van der Waals surface area (Å²) in [7, 11) is 0. The van der Waals surface area contributed by atoms with Crippen LogP contribution in [0.3, 0.4) is 0 Å². The highest BCUT2D eigenvalue weighted by atomic mass is 35.5. The van der Waals surface area contributed by atoms with Crippen molar-refractivity contribution in [2.24, 2.45) is 0 Å². The van der Waals surface area contributed by atoms with Crippen molar-refractivity contribution >= 4 is 22.5 Å². The molecule has 0 saturated carbocycles. The number of hydrogen-bond acceptors (Lipinski definition) is 5. The van der Waals surface area contributed by atoms with E-state index in [9.17, 15) is 4.79 Å². The summed E-state index contributed by atoms with van der Waals surface area (Å²) >= 11 is 5.91. The van der Waals surface area contributed by atoms with Crippen molar-refractivity contribution in [1.82, 2.24) is 20.4 Å². The van der Waals surface area contributed by atoms with Gasteiger partial charge in [0.15, 0.2) is 0 Å². The number of halogens is 1. The summed E-state index contributed by atoms with van der Waals surface area (Å²) in [6.07, 6.45) is 1.58. The number of nitrogens with one attached hydrogen (secondary N) is 2. The summed E-state index contributed by atoms with van der Waals surface area (Å²) in [6, 6.07) is 6.77. The first-order chi connectivity index (χ1) is 9.72. The molecule has 0 spiro atoms. The van der Waals surface area contributed by atoms with E-state index in [1.54, 1.807) is 30.5 Å². The minimum absolute atomic E-state index is 0.178. The van der Waals surface area contributed by atoms with Crippen LogP contribution in [0, 0.1) is 0 Å². The quantitative estimate of drug-likeness (QED) is 0.766. The normalized spacial score (nSPS) is 11.1. The van der Waals surface area contributed by atoms with Gasteiger partial charge in [-0.25, -0.2) is 4.98 Å². The van der Waals surface area contributed by atoms with Crippen molar-refractivity contribution in [3.05, 3.63) is 57.4 Å². The van der Waals surface area contributed by atoms with Crippen LogP contribution >= 0.6 is 11.6 Å².